The molecule has 0 bridgehead atoms. The molecule has 0 aromatic carbocycles. The summed E-state index contributed by atoms with van der Waals surface area (Å²) >= 11 is 7.45. The molecule has 0 radical (unpaired) electrons. The average Bonchev–Trinajstić information content (AvgIpc) is 2.64. The van der Waals surface area contributed by atoms with Crippen LogP contribution in [-0.2, 0) is 23.8 Å². The molecule has 2 saturated heterocycles. The van der Waals surface area contributed by atoms with Crippen molar-refractivity contribution in [1.82, 2.24) is 4.90 Å². The Morgan fingerprint density at radius 1 is 1.29 bits per heavy atom. The van der Waals surface area contributed by atoms with Crippen molar-refractivity contribution >= 4 is 41.4 Å². The molecule has 3 atom stereocenters. The van der Waals surface area contributed by atoms with Gasteiger partial charge in [-0.25, -0.2) is 9.59 Å². The van der Waals surface area contributed by atoms with Crippen molar-refractivity contribution < 1.29 is 28.6 Å². The molecule has 2 aliphatic rings. The van der Waals surface area contributed by atoms with E-state index in [1.54, 1.807) is 13.8 Å². The summed E-state index contributed by atoms with van der Waals surface area (Å²) in [6.45, 7) is 9.91. The quantitative estimate of drug-likeness (QED) is 0.321. The molecule has 7 nitrogen and oxygen atoms in total. The van der Waals surface area contributed by atoms with Crippen LogP contribution < -0.4 is 0 Å². The van der Waals surface area contributed by atoms with Gasteiger partial charge in [-0.1, -0.05) is 0 Å². The zero-order valence-corrected chi connectivity index (χ0v) is 16.1. The van der Waals surface area contributed by atoms with E-state index in [0.717, 1.165) is 0 Å². The third-order valence-electron chi connectivity index (χ3n) is 3.61. The fourth-order valence-corrected chi connectivity index (χ4v) is 4.61. The van der Waals surface area contributed by atoms with Crippen molar-refractivity contribution in [2.24, 2.45) is 0 Å². The van der Waals surface area contributed by atoms with E-state index in [4.69, 9.17) is 25.8 Å². The predicted molar refractivity (Wildman–Crippen MR) is 88.6 cm³/mol. The highest BCUT2D eigenvalue weighted by Crippen LogP contribution is 2.52. The van der Waals surface area contributed by atoms with Gasteiger partial charge < -0.3 is 19.1 Å². The number of carbonyl (C=O) groups is 3. The molecule has 0 saturated carbocycles. The molecule has 0 aliphatic carbocycles. The number of hydrogen-bond donors (Lipinski definition) is 0. The summed E-state index contributed by atoms with van der Waals surface area (Å²) in [7, 11) is 0. The topological polar surface area (TPSA) is 82.1 Å². The second-order valence-corrected chi connectivity index (χ2v) is 9.24. The molecule has 9 heteroatoms. The van der Waals surface area contributed by atoms with Gasteiger partial charge in [0, 0.05) is 18.6 Å². The van der Waals surface area contributed by atoms with Gasteiger partial charge in [-0.15, -0.1) is 23.4 Å². The number of nitrogens with zero attached hydrogens (tertiary/aromatic N) is 1. The smallest absolute Gasteiger partial charge is 0.431 e. The Morgan fingerprint density at radius 3 is 2.42 bits per heavy atom. The number of β-lactam (4-membered cyclic amide) rings is 1. The summed E-state index contributed by atoms with van der Waals surface area (Å²) in [6.07, 6.45) is -1.28. The van der Waals surface area contributed by atoms with E-state index in [1.807, 2.05) is 13.8 Å². The lowest BCUT2D eigenvalue weighted by Gasteiger charge is -2.41. The van der Waals surface area contributed by atoms with Gasteiger partial charge in [0.1, 0.15) is 16.8 Å². The Morgan fingerprint density at radius 2 is 1.88 bits per heavy atom. The van der Waals surface area contributed by atoms with E-state index < -0.39 is 34.1 Å². The Kier molecular flexibility index (Phi) is 5.03. The molecule has 24 heavy (non-hydrogen) atoms. The Bertz CT molecular complexity index is 564. The number of ether oxygens (including phenoxy) is 3. The number of alkyl halides is 1. The maximum absolute atomic E-state index is 12.6. The zero-order valence-electron chi connectivity index (χ0n) is 14.5. The summed E-state index contributed by atoms with van der Waals surface area (Å²) in [5.74, 6) is -2.45. The Labute approximate surface area is 150 Å². The molecular weight excluding hydrogens is 358 g/mol. The lowest BCUT2D eigenvalue weighted by atomic mass is 9.98. The lowest BCUT2D eigenvalue weighted by Crippen LogP contribution is -2.64. The highest BCUT2D eigenvalue weighted by atomic mass is 35.5. The zero-order chi connectivity index (χ0) is 18.4. The molecule has 0 N–H and O–H groups in total. The predicted octanol–water partition coefficient (Wildman–Crippen LogP) is 2.50. The van der Waals surface area contributed by atoms with Crippen molar-refractivity contribution in [3.63, 3.8) is 0 Å². The fourth-order valence-electron chi connectivity index (χ4n) is 2.68. The van der Waals surface area contributed by atoms with E-state index in [1.165, 1.54) is 30.5 Å². The average molecular weight is 380 g/mol. The van der Waals surface area contributed by atoms with Crippen LogP contribution in [0, 0.1) is 0 Å². The van der Waals surface area contributed by atoms with Crippen LogP contribution in [0.1, 0.15) is 41.5 Å². The second-order valence-electron chi connectivity index (χ2n) is 7.00. The number of rotatable bonds is 4. The minimum Gasteiger partial charge on any atom is -0.431 e. The highest BCUT2D eigenvalue weighted by Gasteiger charge is 2.64. The van der Waals surface area contributed by atoms with Gasteiger partial charge in [-0.3, -0.25) is 4.79 Å². The molecule has 2 fully saturated rings. The van der Waals surface area contributed by atoms with E-state index in [9.17, 15) is 14.4 Å². The SMILES string of the molecule is CC(C)OC(=O)OC(C)(C)OC(=O)[C@@H]1N2C(=O)[C@H](Cl)[C@H]2SC1(C)C. The third kappa shape index (κ3) is 3.59. The summed E-state index contributed by atoms with van der Waals surface area (Å²) < 4.78 is 14.7. The van der Waals surface area contributed by atoms with Gasteiger partial charge in [-0.2, -0.15) is 0 Å². The van der Waals surface area contributed by atoms with Crippen LogP contribution in [0.15, 0.2) is 0 Å². The summed E-state index contributed by atoms with van der Waals surface area (Å²) in [5.41, 5.74) is 0. The van der Waals surface area contributed by atoms with Gasteiger partial charge >= 0.3 is 12.1 Å². The number of halogens is 1. The first-order chi connectivity index (χ1) is 10.9. The van der Waals surface area contributed by atoms with Crippen molar-refractivity contribution in [3.8, 4) is 0 Å². The maximum atomic E-state index is 12.6. The van der Waals surface area contributed by atoms with Gasteiger partial charge in [0.2, 0.25) is 5.91 Å². The van der Waals surface area contributed by atoms with Crippen LogP contribution in [0.4, 0.5) is 4.79 Å². The maximum Gasteiger partial charge on any atom is 0.511 e. The van der Waals surface area contributed by atoms with Crippen LogP contribution in [0.25, 0.3) is 0 Å². The fraction of sp³-hybridized carbons (Fsp3) is 0.800. The molecule has 1 amide bonds. The standard InChI is InChI=1S/C15H22ClNO6S/c1-7(2)21-13(20)23-15(5,6)22-12(19)9-14(3,4)24-11-8(16)10(18)17(9)11/h7-9,11H,1-6H3/t8-,9-,11+/m0/s1. The first-order valence-corrected chi connectivity index (χ1v) is 8.94. The van der Waals surface area contributed by atoms with Gasteiger partial charge in [0.05, 0.1) is 6.10 Å². The van der Waals surface area contributed by atoms with Crippen LogP contribution >= 0.6 is 23.4 Å². The molecule has 0 aromatic rings. The lowest BCUT2D eigenvalue weighted by molar-refractivity contribution is -0.208. The number of carbonyl (C=O) groups excluding carboxylic acids is 3. The van der Waals surface area contributed by atoms with Crippen molar-refractivity contribution in [2.75, 3.05) is 0 Å². The summed E-state index contributed by atoms with van der Waals surface area (Å²) in [4.78, 5) is 37.6. The van der Waals surface area contributed by atoms with E-state index in [0.29, 0.717) is 0 Å². The minimum absolute atomic E-state index is 0.248. The third-order valence-corrected chi connectivity index (χ3v) is 5.75. The normalized spacial score (nSPS) is 28.2. The van der Waals surface area contributed by atoms with Gasteiger partial charge in [0.25, 0.3) is 5.79 Å². The number of thioether (sulfide) groups is 1. The molecule has 136 valence electrons. The Hall–Kier alpha value is -1.15. The van der Waals surface area contributed by atoms with Crippen LogP contribution in [0.5, 0.6) is 0 Å². The number of hydrogen-bond acceptors (Lipinski definition) is 7. The van der Waals surface area contributed by atoms with Crippen LogP contribution in [0.3, 0.4) is 0 Å². The molecule has 2 rings (SSSR count). The first kappa shape index (κ1) is 19.2. The van der Waals surface area contributed by atoms with Crippen molar-refractivity contribution in [2.45, 2.75) is 75.0 Å². The van der Waals surface area contributed by atoms with E-state index >= 15 is 0 Å². The number of fused-ring (bicyclic) bond motifs is 1. The molecule has 0 unspecified atom stereocenters. The Balaban J connectivity index is 2.05. The van der Waals surface area contributed by atoms with Gasteiger partial charge in [0.15, 0.2) is 0 Å². The largest absolute Gasteiger partial charge is 0.511 e. The monoisotopic (exact) mass is 379 g/mol. The molecular formula is C15H22ClNO6S. The van der Waals surface area contributed by atoms with E-state index in [-0.39, 0.29) is 17.4 Å². The van der Waals surface area contributed by atoms with Gasteiger partial charge in [-0.05, 0) is 27.7 Å². The summed E-state index contributed by atoms with van der Waals surface area (Å²) in [5, 5.41) is -0.876. The second kappa shape index (κ2) is 6.29. The van der Waals surface area contributed by atoms with Crippen molar-refractivity contribution in [1.29, 1.82) is 0 Å². The minimum atomic E-state index is -1.52. The van der Waals surface area contributed by atoms with Crippen LogP contribution in [0.2, 0.25) is 0 Å². The molecule has 2 heterocycles. The first-order valence-electron chi connectivity index (χ1n) is 7.62. The molecule has 0 aromatic heterocycles. The number of esters is 1. The molecule has 2 aliphatic heterocycles. The van der Waals surface area contributed by atoms with E-state index in [2.05, 4.69) is 0 Å². The van der Waals surface area contributed by atoms with Crippen LogP contribution in [-0.4, -0.2) is 56.4 Å². The molecule has 0 spiro atoms. The number of amides is 1. The van der Waals surface area contributed by atoms with Crippen molar-refractivity contribution in [3.05, 3.63) is 0 Å². The highest BCUT2D eigenvalue weighted by molar-refractivity contribution is 8.01. The summed E-state index contributed by atoms with van der Waals surface area (Å²) in [6, 6.07) is -0.793.